The van der Waals surface area contributed by atoms with Gasteiger partial charge in [0.1, 0.15) is 11.5 Å². The summed E-state index contributed by atoms with van der Waals surface area (Å²) in [5.74, 6) is 1.42. The standard InChI is InChI=1S/C13H18N4O3S/c1-9-3-6-11(20-9)7-17(10-4-5-10)21(18,19)13-12(14)15-8-16(13)2/h3,6,8,10H,4-5,7,14H2,1-2H3. The minimum Gasteiger partial charge on any atom is -0.465 e. The van der Waals surface area contributed by atoms with Gasteiger partial charge in [-0.25, -0.2) is 13.4 Å². The summed E-state index contributed by atoms with van der Waals surface area (Å²) in [4.78, 5) is 3.87. The van der Waals surface area contributed by atoms with E-state index in [4.69, 9.17) is 10.2 Å². The van der Waals surface area contributed by atoms with Gasteiger partial charge in [0.05, 0.1) is 12.9 Å². The number of hydrogen-bond donors (Lipinski definition) is 1. The van der Waals surface area contributed by atoms with Crippen molar-refractivity contribution in [2.75, 3.05) is 5.73 Å². The van der Waals surface area contributed by atoms with E-state index >= 15 is 0 Å². The molecule has 21 heavy (non-hydrogen) atoms. The Hall–Kier alpha value is -1.80. The summed E-state index contributed by atoms with van der Waals surface area (Å²) in [6.45, 7) is 2.05. The van der Waals surface area contributed by atoms with Gasteiger partial charge in [0, 0.05) is 13.1 Å². The number of imidazole rings is 1. The number of furan rings is 1. The highest BCUT2D eigenvalue weighted by atomic mass is 32.2. The highest BCUT2D eigenvalue weighted by molar-refractivity contribution is 7.89. The third kappa shape index (κ3) is 2.56. The van der Waals surface area contributed by atoms with Crippen molar-refractivity contribution in [2.24, 2.45) is 7.05 Å². The van der Waals surface area contributed by atoms with Gasteiger partial charge < -0.3 is 14.7 Å². The van der Waals surface area contributed by atoms with Crippen LogP contribution < -0.4 is 5.73 Å². The minimum atomic E-state index is -3.70. The van der Waals surface area contributed by atoms with E-state index in [1.54, 1.807) is 13.1 Å². The molecule has 0 bridgehead atoms. The van der Waals surface area contributed by atoms with Crippen LogP contribution in [0.15, 0.2) is 27.9 Å². The Labute approximate surface area is 123 Å². The van der Waals surface area contributed by atoms with Gasteiger partial charge in [-0.05, 0) is 31.9 Å². The first-order valence-corrected chi connectivity index (χ1v) is 8.17. The average molecular weight is 310 g/mol. The molecular weight excluding hydrogens is 292 g/mol. The maximum absolute atomic E-state index is 12.9. The third-order valence-corrected chi connectivity index (χ3v) is 5.55. The van der Waals surface area contributed by atoms with E-state index in [9.17, 15) is 8.42 Å². The lowest BCUT2D eigenvalue weighted by Gasteiger charge is -2.21. The topological polar surface area (TPSA) is 94.4 Å². The van der Waals surface area contributed by atoms with Crippen LogP contribution in [-0.4, -0.2) is 28.3 Å². The molecule has 0 atom stereocenters. The fourth-order valence-electron chi connectivity index (χ4n) is 2.36. The first-order chi connectivity index (χ1) is 9.89. The third-order valence-electron chi connectivity index (χ3n) is 3.52. The highest BCUT2D eigenvalue weighted by Crippen LogP contribution is 2.34. The van der Waals surface area contributed by atoms with E-state index in [2.05, 4.69) is 4.98 Å². The zero-order valence-electron chi connectivity index (χ0n) is 12.0. The molecule has 0 amide bonds. The van der Waals surface area contributed by atoms with Gasteiger partial charge in [0.15, 0.2) is 10.8 Å². The Balaban J connectivity index is 1.97. The summed E-state index contributed by atoms with van der Waals surface area (Å²) >= 11 is 0. The molecule has 2 N–H and O–H groups in total. The van der Waals surface area contributed by atoms with Gasteiger partial charge in [-0.15, -0.1) is 0 Å². The molecule has 114 valence electrons. The molecule has 0 aliphatic heterocycles. The van der Waals surface area contributed by atoms with E-state index in [0.717, 1.165) is 18.6 Å². The molecule has 1 saturated carbocycles. The highest BCUT2D eigenvalue weighted by Gasteiger charge is 2.40. The Morgan fingerprint density at radius 1 is 1.48 bits per heavy atom. The lowest BCUT2D eigenvalue weighted by atomic mass is 10.4. The number of sulfonamides is 1. The number of hydrogen-bond acceptors (Lipinski definition) is 5. The molecule has 1 fully saturated rings. The summed E-state index contributed by atoms with van der Waals surface area (Å²) in [5.41, 5.74) is 5.72. The molecule has 2 aromatic rings. The molecule has 0 spiro atoms. The summed E-state index contributed by atoms with van der Waals surface area (Å²) in [6, 6.07) is 3.63. The normalized spacial score (nSPS) is 15.8. The van der Waals surface area contributed by atoms with Crippen molar-refractivity contribution in [3.8, 4) is 0 Å². The van der Waals surface area contributed by atoms with E-state index < -0.39 is 10.0 Å². The second-order valence-corrected chi connectivity index (χ2v) is 7.15. The van der Waals surface area contributed by atoms with Crippen molar-refractivity contribution in [1.29, 1.82) is 0 Å². The van der Waals surface area contributed by atoms with Gasteiger partial charge in [-0.2, -0.15) is 4.31 Å². The lowest BCUT2D eigenvalue weighted by Crippen LogP contribution is -2.34. The first-order valence-electron chi connectivity index (χ1n) is 6.73. The van der Waals surface area contributed by atoms with E-state index in [1.165, 1.54) is 15.2 Å². The molecular formula is C13H18N4O3S. The number of rotatable bonds is 5. The quantitative estimate of drug-likeness (QED) is 0.897. The number of anilines is 1. The number of aromatic nitrogens is 2. The van der Waals surface area contributed by atoms with E-state index in [-0.39, 0.29) is 23.4 Å². The van der Waals surface area contributed by atoms with Crippen molar-refractivity contribution >= 4 is 15.8 Å². The molecule has 3 rings (SSSR count). The van der Waals surface area contributed by atoms with Gasteiger partial charge >= 0.3 is 0 Å². The molecule has 2 heterocycles. The fraction of sp³-hybridized carbons (Fsp3) is 0.462. The molecule has 1 aliphatic rings. The smallest absolute Gasteiger partial charge is 0.263 e. The lowest BCUT2D eigenvalue weighted by molar-refractivity contribution is 0.349. The second kappa shape index (κ2) is 4.88. The summed E-state index contributed by atoms with van der Waals surface area (Å²) in [7, 11) is -2.07. The van der Waals surface area contributed by atoms with Crippen LogP contribution in [0, 0.1) is 6.92 Å². The van der Waals surface area contributed by atoms with Crippen LogP contribution in [0.25, 0.3) is 0 Å². The zero-order chi connectivity index (χ0) is 15.2. The van der Waals surface area contributed by atoms with Crippen LogP contribution in [0.4, 0.5) is 5.82 Å². The van der Waals surface area contributed by atoms with Crippen molar-refractivity contribution in [1.82, 2.24) is 13.9 Å². The second-order valence-electron chi connectivity index (χ2n) is 5.34. The molecule has 2 aromatic heterocycles. The zero-order valence-corrected chi connectivity index (χ0v) is 12.8. The maximum Gasteiger partial charge on any atom is 0.263 e. The van der Waals surface area contributed by atoms with Crippen LogP contribution in [0.1, 0.15) is 24.4 Å². The molecule has 0 radical (unpaired) electrons. The molecule has 8 heteroatoms. The number of nitrogens with zero attached hydrogens (tertiary/aromatic N) is 3. The summed E-state index contributed by atoms with van der Waals surface area (Å²) < 4.78 is 34.1. The Morgan fingerprint density at radius 2 is 2.19 bits per heavy atom. The Bertz CT molecular complexity index is 739. The van der Waals surface area contributed by atoms with Gasteiger partial charge in [-0.1, -0.05) is 0 Å². The monoisotopic (exact) mass is 310 g/mol. The molecule has 1 aliphatic carbocycles. The van der Waals surface area contributed by atoms with Crippen molar-refractivity contribution in [3.05, 3.63) is 30.0 Å². The number of aryl methyl sites for hydroxylation is 2. The average Bonchev–Trinajstić information content (AvgIpc) is 3.07. The van der Waals surface area contributed by atoms with Gasteiger partial charge in [0.2, 0.25) is 0 Å². The molecule has 0 unspecified atom stereocenters. The fourth-order valence-corrected chi connectivity index (χ4v) is 4.21. The van der Waals surface area contributed by atoms with Gasteiger partial charge in [0.25, 0.3) is 10.0 Å². The van der Waals surface area contributed by atoms with Crippen LogP contribution in [-0.2, 0) is 23.6 Å². The van der Waals surface area contributed by atoms with Gasteiger partial charge in [-0.3, -0.25) is 0 Å². The largest absolute Gasteiger partial charge is 0.465 e. The van der Waals surface area contributed by atoms with Crippen molar-refractivity contribution in [2.45, 2.75) is 37.4 Å². The molecule has 0 saturated heterocycles. The Morgan fingerprint density at radius 3 is 2.67 bits per heavy atom. The summed E-state index contributed by atoms with van der Waals surface area (Å²) in [6.07, 6.45) is 3.12. The first kappa shape index (κ1) is 14.2. The molecule has 7 nitrogen and oxygen atoms in total. The molecule has 0 aromatic carbocycles. The number of nitrogen functional groups attached to an aromatic ring is 1. The van der Waals surface area contributed by atoms with Crippen molar-refractivity contribution < 1.29 is 12.8 Å². The van der Waals surface area contributed by atoms with Crippen LogP contribution >= 0.6 is 0 Å². The van der Waals surface area contributed by atoms with Crippen molar-refractivity contribution in [3.63, 3.8) is 0 Å². The van der Waals surface area contributed by atoms with Crippen LogP contribution in [0.2, 0.25) is 0 Å². The Kier molecular flexibility index (Phi) is 3.29. The van der Waals surface area contributed by atoms with E-state index in [1.807, 2.05) is 13.0 Å². The summed E-state index contributed by atoms with van der Waals surface area (Å²) in [5, 5.41) is 0.0395. The number of nitrogens with two attached hydrogens (primary N) is 1. The minimum absolute atomic E-state index is 0.00899. The maximum atomic E-state index is 12.9. The van der Waals surface area contributed by atoms with E-state index in [0.29, 0.717) is 5.76 Å². The predicted octanol–water partition coefficient (Wildman–Crippen LogP) is 1.26. The SMILES string of the molecule is Cc1ccc(CN(C2CC2)S(=O)(=O)c2c(N)ncn2C)o1. The van der Waals surface area contributed by atoms with Crippen LogP contribution in [0.5, 0.6) is 0 Å². The van der Waals surface area contributed by atoms with Crippen LogP contribution in [0.3, 0.4) is 0 Å². The predicted molar refractivity (Wildman–Crippen MR) is 76.8 cm³/mol.